The van der Waals surface area contributed by atoms with E-state index in [4.69, 9.17) is 4.74 Å². The molecule has 0 aromatic carbocycles. The van der Waals surface area contributed by atoms with E-state index in [1.54, 1.807) is 28.9 Å². The van der Waals surface area contributed by atoms with Crippen LogP contribution in [0.1, 0.15) is 37.0 Å². The number of aliphatic hydroxyl groups is 1. The van der Waals surface area contributed by atoms with Crippen molar-refractivity contribution in [1.29, 1.82) is 0 Å². The molecule has 1 atom stereocenters. The largest absolute Gasteiger partial charge is 0.387 e. The number of ether oxygens (including phenoxy) is 1. The first-order chi connectivity index (χ1) is 15.7. The Hall–Kier alpha value is -3.11. The van der Waals surface area contributed by atoms with Gasteiger partial charge in [-0.05, 0) is 44.9 Å². The zero-order chi connectivity index (χ0) is 23.6. The summed E-state index contributed by atoms with van der Waals surface area (Å²) in [5.41, 5.74) is 0.620. The molecule has 1 aliphatic rings. The summed E-state index contributed by atoms with van der Waals surface area (Å²) in [6, 6.07) is 5.06. The number of anilines is 1. The topological polar surface area (TPSA) is 101 Å². The van der Waals surface area contributed by atoms with E-state index in [2.05, 4.69) is 20.7 Å². The van der Waals surface area contributed by atoms with Crippen LogP contribution in [0, 0.1) is 5.95 Å². The first kappa shape index (κ1) is 23.1. The number of hydrogen-bond donors (Lipinski definition) is 3. The molecule has 0 bridgehead atoms. The maximum absolute atomic E-state index is 14.3. The third kappa shape index (κ3) is 5.12. The number of rotatable bonds is 7. The van der Waals surface area contributed by atoms with Gasteiger partial charge in [-0.25, -0.2) is 13.9 Å². The summed E-state index contributed by atoms with van der Waals surface area (Å²) in [6.07, 6.45) is 4.30. The second-order valence-electron chi connectivity index (χ2n) is 8.70. The van der Waals surface area contributed by atoms with Crippen molar-refractivity contribution in [1.82, 2.24) is 19.9 Å². The predicted octanol–water partition coefficient (Wildman–Crippen LogP) is 2.97. The van der Waals surface area contributed by atoms with E-state index < -0.39 is 23.6 Å². The average molecular weight is 459 g/mol. The van der Waals surface area contributed by atoms with Crippen LogP contribution in [0.2, 0.25) is 0 Å². The van der Waals surface area contributed by atoms with Gasteiger partial charge in [-0.2, -0.15) is 9.49 Å². The van der Waals surface area contributed by atoms with E-state index >= 15 is 0 Å². The molecular formula is C23H27F2N5O3. The lowest BCUT2D eigenvalue weighted by atomic mass is 10.0. The van der Waals surface area contributed by atoms with E-state index in [0.717, 1.165) is 12.8 Å². The molecule has 33 heavy (non-hydrogen) atoms. The maximum atomic E-state index is 14.3. The lowest BCUT2D eigenvalue weighted by Crippen LogP contribution is -2.42. The van der Waals surface area contributed by atoms with Gasteiger partial charge in [0.2, 0.25) is 5.95 Å². The van der Waals surface area contributed by atoms with Crippen molar-refractivity contribution in [2.45, 2.75) is 44.5 Å². The Morgan fingerprint density at radius 1 is 1.39 bits per heavy atom. The number of fused-ring (bicyclic) bond motifs is 1. The van der Waals surface area contributed by atoms with E-state index in [-0.39, 0.29) is 18.2 Å². The zero-order valence-corrected chi connectivity index (χ0v) is 18.5. The quantitative estimate of drug-likeness (QED) is 0.470. The summed E-state index contributed by atoms with van der Waals surface area (Å²) in [7, 11) is 0. The predicted molar refractivity (Wildman–Crippen MR) is 119 cm³/mol. The van der Waals surface area contributed by atoms with Crippen molar-refractivity contribution < 1.29 is 23.4 Å². The fourth-order valence-electron chi connectivity index (χ4n) is 3.70. The molecule has 1 aliphatic heterocycles. The first-order valence-electron chi connectivity index (χ1n) is 10.8. The van der Waals surface area contributed by atoms with E-state index in [1.165, 1.54) is 26.2 Å². The highest BCUT2D eigenvalue weighted by molar-refractivity contribution is 6.03. The van der Waals surface area contributed by atoms with Crippen LogP contribution in [0.4, 0.5) is 14.5 Å². The minimum atomic E-state index is -1.64. The monoisotopic (exact) mass is 459 g/mol. The number of nitrogens with zero attached hydrogens (tertiary/aromatic N) is 3. The van der Waals surface area contributed by atoms with Gasteiger partial charge in [-0.1, -0.05) is 0 Å². The van der Waals surface area contributed by atoms with Crippen LogP contribution in [-0.2, 0) is 4.74 Å². The van der Waals surface area contributed by atoms with Gasteiger partial charge < -0.3 is 20.5 Å². The zero-order valence-electron chi connectivity index (χ0n) is 18.5. The SMILES string of the molecule is CC(C)(O)[C@H](F)CNC(=O)c1cnn2cc(-c3cccnc3F)cc2c1NC1CCOCC1. The van der Waals surface area contributed by atoms with Gasteiger partial charge in [-0.3, -0.25) is 4.79 Å². The van der Waals surface area contributed by atoms with Gasteiger partial charge in [0, 0.05) is 42.8 Å². The second-order valence-corrected chi connectivity index (χ2v) is 8.70. The molecule has 0 unspecified atom stereocenters. The van der Waals surface area contributed by atoms with Crippen molar-refractivity contribution >= 4 is 17.1 Å². The Labute approximate surface area is 190 Å². The Morgan fingerprint density at radius 2 is 2.15 bits per heavy atom. The fourth-order valence-corrected chi connectivity index (χ4v) is 3.70. The van der Waals surface area contributed by atoms with Crippen LogP contribution in [0.3, 0.4) is 0 Å². The van der Waals surface area contributed by atoms with E-state index in [9.17, 15) is 18.7 Å². The number of nitrogens with one attached hydrogen (secondary N) is 2. The van der Waals surface area contributed by atoms with Crippen LogP contribution >= 0.6 is 0 Å². The molecule has 0 spiro atoms. The van der Waals surface area contributed by atoms with Gasteiger partial charge in [0.05, 0.1) is 35.1 Å². The minimum Gasteiger partial charge on any atom is -0.387 e. The molecular weight excluding hydrogens is 432 g/mol. The number of aromatic nitrogens is 3. The smallest absolute Gasteiger partial charge is 0.255 e. The fraction of sp³-hybridized carbons (Fsp3) is 0.435. The van der Waals surface area contributed by atoms with Crippen LogP contribution < -0.4 is 10.6 Å². The van der Waals surface area contributed by atoms with Crippen molar-refractivity contribution in [2.24, 2.45) is 0 Å². The molecule has 3 N–H and O–H groups in total. The highest BCUT2D eigenvalue weighted by atomic mass is 19.1. The third-order valence-electron chi connectivity index (χ3n) is 5.73. The molecule has 0 saturated carbocycles. The third-order valence-corrected chi connectivity index (χ3v) is 5.73. The summed E-state index contributed by atoms with van der Waals surface area (Å²) >= 11 is 0. The van der Waals surface area contributed by atoms with E-state index in [1.807, 2.05) is 0 Å². The number of alkyl halides is 1. The molecule has 4 heterocycles. The summed E-state index contributed by atoms with van der Waals surface area (Å²) in [6.45, 7) is 3.54. The molecule has 3 aromatic rings. The Kier molecular flexibility index (Phi) is 6.57. The first-order valence-corrected chi connectivity index (χ1v) is 10.8. The standard InChI is InChI=1S/C23H27F2N5O3/c1-23(2,32)19(24)12-27-22(31)17-11-28-30-13-14(16-4-3-7-26-21(16)25)10-18(30)20(17)29-15-5-8-33-9-6-15/h3-4,7,10-11,13,15,19,29,32H,5-6,8-9,12H2,1-2H3,(H,27,31)/t19-/m1/s1. The molecule has 8 nitrogen and oxygen atoms in total. The van der Waals surface area contributed by atoms with Crippen LogP contribution in [0.25, 0.3) is 16.6 Å². The molecule has 0 radical (unpaired) electrons. The molecule has 1 amide bonds. The second kappa shape index (κ2) is 9.40. The summed E-state index contributed by atoms with van der Waals surface area (Å²) in [5.74, 6) is -1.13. The van der Waals surface area contributed by atoms with Gasteiger partial charge in [0.15, 0.2) is 0 Å². The van der Waals surface area contributed by atoms with Crippen molar-refractivity contribution in [3.63, 3.8) is 0 Å². The number of amides is 1. The average Bonchev–Trinajstić information content (AvgIpc) is 3.22. The number of halogens is 2. The Morgan fingerprint density at radius 3 is 2.85 bits per heavy atom. The molecule has 10 heteroatoms. The molecule has 4 rings (SSSR count). The van der Waals surface area contributed by atoms with Crippen molar-refractivity contribution in [3.05, 3.63) is 48.3 Å². The molecule has 176 valence electrons. The highest BCUT2D eigenvalue weighted by Gasteiger charge is 2.28. The van der Waals surface area contributed by atoms with Gasteiger partial charge >= 0.3 is 0 Å². The normalized spacial score (nSPS) is 16.0. The van der Waals surface area contributed by atoms with Crippen molar-refractivity contribution in [3.8, 4) is 11.1 Å². The van der Waals surface area contributed by atoms with Gasteiger partial charge in [0.25, 0.3) is 5.91 Å². The number of carbonyl (C=O) groups excluding carboxylic acids is 1. The van der Waals surface area contributed by atoms with Gasteiger partial charge in [-0.15, -0.1) is 0 Å². The Balaban J connectivity index is 1.71. The molecule has 1 fully saturated rings. The molecule has 1 saturated heterocycles. The van der Waals surface area contributed by atoms with Gasteiger partial charge in [0.1, 0.15) is 6.17 Å². The molecule has 0 aliphatic carbocycles. The van der Waals surface area contributed by atoms with Crippen LogP contribution in [-0.4, -0.2) is 63.2 Å². The summed E-state index contributed by atoms with van der Waals surface area (Å²) in [5, 5.41) is 20.1. The lowest BCUT2D eigenvalue weighted by Gasteiger charge is -2.26. The van der Waals surface area contributed by atoms with Crippen LogP contribution in [0.15, 0.2) is 36.8 Å². The lowest BCUT2D eigenvalue weighted by molar-refractivity contribution is -0.00177. The number of carbonyl (C=O) groups is 1. The summed E-state index contributed by atoms with van der Waals surface area (Å²) < 4.78 is 35.4. The van der Waals surface area contributed by atoms with E-state index in [0.29, 0.717) is 35.5 Å². The highest BCUT2D eigenvalue weighted by Crippen LogP contribution is 2.30. The summed E-state index contributed by atoms with van der Waals surface area (Å²) in [4.78, 5) is 16.7. The van der Waals surface area contributed by atoms with Crippen molar-refractivity contribution in [2.75, 3.05) is 25.1 Å². The number of pyridine rings is 1. The number of hydrogen-bond acceptors (Lipinski definition) is 6. The maximum Gasteiger partial charge on any atom is 0.255 e. The molecule has 3 aromatic heterocycles. The Bertz CT molecular complexity index is 1140. The minimum absolute atomic E-state index is 0.0651. The van der Waals surface area contributed by atoms with Crippen LogP contribution in [0.5, 0.6) is 0 Å².